The van der Waals surface area contributed by atoms with E-state index in [1.807, 2.05) is 49.0 Å². The average molecular weight is 390 g/mol. The minimum absolute atomic E-state index is 0.460. The van der Waals surface area contributed by atoms with Crippen LogP contribution in [0, 0.1) is 13.8 Å². The van der Waals surface area contributed by atoms with Gasteiger partial charge in [0.2, 0.25) is 0 Å². The molecule has 3 aromatic heterocycles. The van der Waals surface area contributed by atoms with Gasteiger partial charge in [0.25, 0.3) is 0 Å². The van der Waals surface area contributed by atoms with Gasteiger partial charge in [0.05, 0.1) is 36.7 Å². The fourth-order valence-corrected chi connectivity index (χ4v) is 3.76. The zero-order chi connectivity index (χ0) is 20.2. The van der Waals surface area contributed by atoms with Crippen molar-refractivity contribution in [3.8, 4) is 0 Å². The fraction of sp³-hybridized carbons (Fsp3) is 0.304. The van der Waals surface area contributed by atoms with E-state index >= 15 is 0 Å². The van der Waals surface area contributed by atoms with Crippen LogP contribution in [0.3, 0.4) is 0 Å². The van der Waals surface area contributed by atoms with Gasteiger partial charge in [-0.2, -0.15) is 5.10 Å². The number of aliphatic hydroxyl groups excluding tert-OH is 1. The van der Waals surface area contributed by atoms with E-state index < -0.39 is 6.10 Å². The van der Waals surface area contributed by atoms with Crippen LogP contribution in [0.25, 0.3) is 10.9 Å². The van der Waals surface area contributed by atoms with Gasteiger partial charge in [0.1, 0.15) is 5.76 Å². The molecule has 29 heavy (non-hydrogen) atoms. The summed E-state index contributed by atoms with van der Waals surface area (Å²) in [4.78, 5) is 6.76. The van der Waals surface area contributed by atoms with Crippen molar-refractivity contribution in [2.24, 2.45) is 0 Å². The first-order valence-corrected chi connectivity index (χ1v) is 9.85. The number of pyridine rings is 1. The maximum atomic E-state index is 10.8. The van der Waals surface area contributed by atoms with Crippen molar-refractivity contribution < 1.29 is 9.52 Å². The molecule has 0 saturated heterocycles. The lowest BCUT2D eigenvalue weighted by Gasteiger charge is -2.25. The molecule has 0 amide bonds. The Balaban J connectivity index is 1.53. The van der Waals surface area contributed by atoms with Crippen molar-refractivity contribution in [3.05, 3.63) is 83.7 Å². The van der Waals surface area contributed by atoms with Gasteiger partial charge >= 0.3 is 0 Å². The van der Waals surface area contributed by atoms with Crippen LogP contribution in [-0.4, -0.2) is 37.4 Å². The van der Waals surface area contributed by atoms with Crippen LogP contribution in [0.2, 0.25) is 0 Å². The molecule has 0 aliphatic heterocycles. The summed E-state index contributed by atoms with van der Waals surface area (Å²) in [5.74, 6) is 0.872. The summed E-state index contributed by atoms with van der Waals surface area (Å²) < 4.78 is 7.42. The zero-order valence-electron chi connectivity index (χ0n) is 16.8. The summed E-state index contributed by atoms with van der Waals surface area (Å²) in [6, 6.07) is 16.1. The third kappa shape index (κ3) is 4.72. The molecule has 4 aromatic rings. The summed E-state index contributed by atoms with van der Waals surface area (Å²) in [6.07, 6.45) is 2.95. The maximum Gasteiger partial charge on any atom is 0.117 e. The van der Waals surface area contributed by atoms with Gasteiger partial charge in [-0.3, -0.25) is 14.6 Å². The van der Waals surface area contributed by atoms with Crippen LogP contribution in [0.5, 0.6) is 0 Å². The molecule has 6 nitrogen and oxygen atoms in total. The highest BCUT2D eigenvalue weighted by Gasteiger charge is 2.17. The highest BCUT2D eigenvalue weighted by Crippen LogP contribution is 2.19. The number of aryl methyl sites for hydroxylation is 2. The first kappa shape index (κ1) is 19.4. The molecule has 150 valence electrons. The molecule has 0 spiro atoms. The third-order valence-electron chi connectivity index (χ3n) is 5.03. The number of hydrogen-bond acceptors (Lipinski definition) is 5. The van der Waals surface area contributed by atoms with Gasteiger partial charge in [0.15, 0.2) is 0 Å². The quantitative estimate of drug-likeness (QED) is 0.497. The number of aromatic nitrogens is 3. The summed E-state index contributed by atoms with van der Waals surface area (Å²) in [5.41, 5.74) is 4.14. The second-order valence-electron chi connectivity index (χ2n) is 7.50. The number of furan rings is 1. The minimum atomic E-state index is -0.550. The Hall–Kier alpha value is -2.96. The second-order valence-corrected chi connectivity index (χ2v) is 7.50. The molecule has 0 aliphatic carbocycles. The molecule has 0 aliphatic rings. The summed E-state index contributed by atoms with van der Waals surface area (Å²) in [5, 5.41) is 16.4. The lowest BCUT2D eigenvalue weighted by Crippen LogP contribution is -2.34. The van der Waals surface area contributed by atoms with Crippen LogP contribution < -0.4 is 0 Å². The fourth-order valence-electron chi connectivity index (χ4n) is 3.76. The Labute approximate surface area is 170 Å². The van der Waals surface area contributed by atoms with E-state index in [0.717, 1.165) is 33.6 Å². The molecule has 0 bridgehead atoms. The van der Waals surface area contributed by atoms with E-state index in [4.69, 9.17) is 4.42 Å². The zero-order valence-corrected chi connectivity index (χ0v) is 16.8. The van der Waals surface area contributed by atoms with Crippen LogP contribution in [0.1, 0.15) is 22.7 Å². The number of fused-ring (bicyclic) bond motifs is 1. The molecule has 1 atom stereocenters. The number of aliphatic hydroxyl groups is 1. The minimum Gasteiger partial charge on any atom is -0.468 e. The van der Waals surface area contributed by atoms with E-state index in [1.54, 1.807) is 6.26 Å². The van der Waals surface area contributed by atoms with Crippen molar-refractivity contribution in [2.45, 2.75) is 39.6 Å². The molecule has 1 aromatic carbocycles. The highest BCUT2D eigenvalue weighted by molar-refractivity contribution is 5.81. The topological polar surface area (TPSA) is 67.3 Å². The predicted molar refractivity (Wildman–Crippen MR) is 112 cm³/mol. The molecular weight excluding hydrogens is 364 g/mol. The Kier molecular flexibility index (Phi) is 5.74. The number of benzene rings is 1. The molecule has 0 saturated carbocycles. The van der Waals surface area contributed by atoms with Crippen LogP contribution in [-0.2, 0) is 19.6 Å². The van der Waals surface area contributed by atoms with E-state index in [1.165, 1.54) is 0 Å². The molecule has 1 N–H and O–H groups in total. The number of nitrogens with zero attached hydrogens (tertiary/aromatic N) is 4. The average Bonchev–Trinajstić information content (AvgIpc) is 3.31. The Bertz CT molecular complexity index is 1070. The first-order valence-electron chi connectivity index (χ1n) is 9.85. The third-order valence-corrected chi connectivity index (χ3v) is 5.03. The van der Waals surface area contributed by atoms with E-state index in [0.29, 0.717) is 26.2 Å². The second kappa shape index (κ2) is 8.59. The highest BCUT2D eigenvalue weighted by atomic mass is 16.3. The molecule has 1 unspecified atom stereocenters. The van der Waals surface area contributed by atoms with E-state index in [2.05, 4.69) is 39.2 Å². The Morgan fingerprint density at radius 1 is 1.10 bits per heavy atom. The van der Waals surface area contributed by atoms with Gasteiger partial charge in [-0.25, -0.2) is 0 Å². The summed E-state index contributed by atoms with van der Waals surface area (Å²) >= 11 is 0. The van der Waals surface area contributed by atoms with Gasteiger partial charge in [-0.05, 0) is 43.7 Å². The lowest BCUT2D eigenvalue weighted by molar-refractivity contribution is 0.0841. The number of hydrogen-bond donors (Lipinski definition) is 1. The molecule has 0 fully saturated rings. The van der Waals surface area contributed by atoms with Crippen molar-refractivity contribution in [2.75, 3.05) is 6.54 Å². The van der Waals surface area contributed by atoms with Crippen molar-refractivity contribution in [1.29, 1.82) is 0 Å². The van der Waals surface area contributed by atoms with Crippen LogP contribution in [0.4, 0.5) is 0 Å². The smallest absolute Gasteiger partial charge is 0.117 e. The normalized spacial score (nSPS) is 12.7. The molecule has 0 radical (unpaired) electrons. The SMILES string of the molecule is Cc1cc(C)n(CC(O)CN(Cc2ccco2)Cc2cccc3cccnc23)n1. The van der Waals surface area contributed by atoms with Gasteiger partial charge in [-0.15, -0.1) is 0 Å². The predicted octanol–water partition coefficient (Wildman–Crippen LogP) is 3.70. The van der Waals surface area contributed by atoms with E-state index in [9.17, 15) is 5.11 Å². The van der Waals surface area contributed by atoms with Crippen molar-refractivity contribution >= 4 is 10.9 Å². The standard InChI is InChI=1S/C23H26N4O2/c1-17-12-18(2)27(25-17)15-21(28)14-26(16-22-9-5-11-29-22)13-20-7-3-6-19-8-4-10-24-23(19)20/h3-12,21,28H,13-16H2,1-2H3. The Morgan fingerprint density at radius 2 is 1.97 bits per heavy atom. The first-order chi connectivity index (χ1) is 14.1. The maximum absolute atomic E-state index is 10.8. The van der Waals surface area contributed by atoms with Gasteiger partial charge < -0.3 is 9.52 Å². The van der Waals surface area contributed by atoms with Crippen molar-refractivity contribution in [3.63, 3.8) is 0 Å². The molecule has 6 heteroatoms. The monoisotopic (exact) mass is 390 g/mol. The molecular formula is C23H26N4O2. The largest absolute Gasteiger partial charge is 0.468 e. The number of para-hydroxylation sites is 1. The van der Waals surface area contributed by atoms with Gasteiger partial charge in [-0.1, -0.05) is 24.3 Å². The Morgan fingerprint density at radius 3 is 2.72 bits per heavy atom. The van der Waals surface area contributed by atoms with Crippen LogP contribution in [0.15, 0.2) is 65.4 Å². The number of rotatable bonds is 8. The van der Waals surface area contributed by atoms with Crippen molar-refractivity contribution in [1.82, 2.24) is 19.7 Å². The molecule has 3 heterocycles. The summed E-state index contributed by atoms with van der Waals surface area (Å²) in [7, 11) is 0. The lowest BCUT2D eigenvalue weighted by atomic mass is 10.1. The molecule has 4 rings (SSSR count). The van der Waals surface area contributed by atoms with Crippen LogP contribution >= 0.6 is 0 Å². The van der Waals surface area contributed by atoms with Gasteiger partial charge in [0, 0.05) is 30.4 Å². The van der Waals surface area contributed by atoms with E-state index in [-0.39, 0.29) is 0 Å². The summed E-state index contributed by atoms with van der Waals surface area (Å²) in [6.45, 7) is 6.22.